The maximum Gasteiger partial charge on any atom is 0.127 e. The maximum atomic E-state index is 13.1. The topological polar surface area (TPSA) is 68.0 Å². The quantitative estimate of drug-likeness (QED) is 0.404. The van der Waals surface area contributed by atoms with Crippen LogP contribution in [0.2, 0.25) is 0 Å². The minimum Gasteiger partial charge on any atom is -0.490 e. The third-order valence-electron chi connectivity index (χ3n) is 6.94. The van der Waals surface area contributed by atoms with Crippen LogP contribution in [0, 0.1) is 26.6 Å². The van der Waals surface area contributed by atoms with Gasteiger partial charge in [0.1, 0.15) is 35.8 Å². The highest BCUT2D eigenvalue weighted by Gasteiger charge is 2.23. The fourth-order valence-electron chi connectivity index (χ4n) is 4.74. The number of likely N-dealkylation sites (tertiary alicyclic amines) is 1. The van der Waals surface area contributed by atoms with Crippen LogP contribution < -0.4 is 15.2 Å². The molecule has 4 rings (SSSR count). The molecule has 1 saturated heterocycles. The highest BCUT2D eigenvalue weighted by atomic mass is 19.1. The number of aliphatic hydroxyl groups excluding tert-OH is 1. The van der Waals surface area contributed by atoms with Gasteiger partial charge < -0.3 is 25.2 Å². The average molecular weight is 479 g/mol. The van der Waals surface area contributed by atoms with Gasteiger partial charge in [0.05, 0.1) is 0 Å². The second-order valence-corrected chi connectivity index (χ2v) is 9.53. The molecule has 0 saturated carbocycles. The molecule has 3 N–H and O–H groups in total. The minimum absolute atomic E-state index is 0.264. The summed E-state index contributed by atoms with van der Waals surface area (Å²) < 4.78 is 24.9. The van der Waals surface area contributed by atoms with Gasteiger partial charge in [-0.15, -0.1) is 0 Å². The Kier molecular flexibility index (Phi) is 7.93. The minimum atomic E-state index is -0.550. The van der Waals surface area contributed by atoms with E-state index in [2.05, 4.69) is 17.0 Å². The first kappa shape index (κ1) is 25.0. The molecule has 0 spiro atoms. The van der Waals surface area contributed by atoms with Crippen molar-refractivity contribution in [3.63, 3.8) is 0 Å². The van der Waals surface area contributed by atoms with Gasteiger partial charge in [0.2, 0.25) is 0 Å². The largest absolute Gasteiger partial charge is 0.490 e. The van der Waals surface area contributed by atoms with Crippen molar-refractivity contribution in [2.24, 2.45) is 0 Å². The summed E-state index contributed by atoms with van der Waals surface area (Å²) in [6.45, 7) is 8.72. The molecule has 1 heterocycles. The average Bonchev–Trinajstić information content (AvgIpc) is 2.85. The van der Waals surface area contributed by atoms with Crippen LogP contribution in [-0.4, -0.2) is 42.4 Å². The standard InChI is InChI=1S/C29H35FN2O3/c1-19-16-28(31)20(2)21(3)29(19)34-18-25(33)17-32-14-12-23(13-15-32)22-4-8-26(9-5-22)35-27-10-6-24(30)7-11-27/h4-11,16,23,25,33H,12-15,17-18,31H2,1-3H3/t25-/m0/s1. The molecule has 6 heteroatoms. The molecule has 1 aliphatic rings. The molecule has 0 aliphatic carbocycles. The molecule has 5 nitrogen and oxygen atoms in total. The van der Waals surface area contributed by atoms with Crippen LogP contribution in [0.5, 0.6) is 17.2 Å². The van der Waals surface area contributed by atoms with Gasteiger partial charge in [0, 0.05) is 12.2 Å². The Bertz CT molecular complexity index is 1120. The molecule has 186 valence electrons. The van der Waals surface area contributed by atoms with Crippen molar-refractivity contribution in [3.8, 4) is 17.2 Å². The van der Waals surface area contributed by atoms with Crippen LogP contribution in [0.1, 0.15) is 41.0 Å². The van der Waals surface area contributed by atoms with E-state index in [4.69, 9.17) is 15.2 Å². The van der Waals surface area contributed by atoms with Gasteiger partial charge in [-0.3, -0.25) is 0 Å². The fourth-order valence-corrected chi connectivity index (χ4v) is 4.74. The van der Waals surface area contributed by atoms with Crippen LogP contribution in [0.25, 0.3) is 0 Å². The summed E-state index contributed by atoms with van der Waals surface area (Å²) in [5, 5.41) is 10.6. The van der Waals surface area contributed by atoms with Crippen molar-refractivity contribution >= 4 is 5.69 Å². The van der Waals surface area contributed by atoms with Gasteiger partial charge in [0.15, 0.2) is 0 Å². The van der Waals surface area contributed by atoms with E-state index in [1.165, 1.54) is 17.7 Å². The third kappa shape index (κ3) is 6.32. The molecule has 0 bridgehead atoms. The normalized spacial score (nSPS) is 15.7. The summed E-state index contributed by atoms with van der Waals surface area (Å²) in [6.07, 6.45) is 1.54. The highest BCUT2D eigenvalue weighted by Crippen LogP contribution is 2.32. The first-order valence-electron chi connectivity index (χ1n) is 12.2. The molecule has 0 amide bonds. The summed E-state index contributed by atoms with van der Waals surface area (Å²) in [5.41, 5.74) is 11.2. The van der Waals surface area contributed by atoms with E-state index in [1.807, 2.05) is 39.0 Å². The molecule has 1 aliphatic heterocycles. The second-order valence-electron chi connectivity index (χ2n) is 9.53. The lowest BCUT2D eigenvalue weighted by molar-refractivity contribution is 0.0590. The van der Waals surface area contributed by atoms with Crippen molar-refractivity contribution in [1.82, 2.24) is 4.90 Å². The molecule has 1 atom stereocenters. The van der Waals surface area contributed by atoms with Crippen LogP contribution in [0.15, 0.2) is 54.6 Å². The lowest BCUT2D eigenvalue weighted by Crippen LogP contribution is -2.40. The number of aryl methyl sites for hydroxylation is 1. The first-order chi connectivity index (χ1) is 16.8. The van der Waals surface area contributed by atoms with Gasteiger partial charge in [-0.25, -0.2) is 4.39 Å². The molecule has 35 heavy (non-hydrogen) atoms. The Hall–Kier alpha value is -3.09. The summed E-state index contributed by atoms with van der Waals surface area (Å²) in [5.74, 6) is 2.39. The number of ether oxygens (including phenoxy) is 2. The number of piperidine rings is 1. The van der Waals surface area contributed by atoms with Gasteiger partial charge in [0.25, 0.3) is 0 Å². The zero-order valence-electron chi connectivity index (χ0n) is 20.8. The number of nitrogens with two attached hydrogens (primary N) is 1. The number of β-amino-alcohol motifs (C(OH)–C–C–N with tert-alkyl or cyclic N) is 1. The number of rotatable bonds is 8. The lowest BCUT2D eigenvalue weighted by atomic mass is 9.89. The van der Waals surface area contributed by atoms with Crippen LogP contribution >= 0.6 is 0 Å². The summed E-state index contributed by atoms with van der Waals surface area (Å²) in [7, 11) is 0. The second kappa shape index (κ2) is 11.1. The summed E-state index contributed by atoms with van der Waals surface area (Å²) in [4.78, 5) is 2.31. The molecular formula is C29H35FN2O3. The van der Waals surface area contributed by atoms with E-state index in [0.717, 1.165) is 59.8 Å². The molecule has 0 unspecified atom stereocenters. The van der Waals surface area contributed by atoms with Crippen molar-refractivity contribution in [3.05, 3.63) is 82.7 Å². The SMILES string of the molecule is Cc1cc(N)c(C)c(C)c1OC[C@@H](O)CN1CCC(c2ccc(Oc3ccc(F)cc3)cc2)CC1. The molecule has 3 aromatic rings. The molecule has 1 fully saturated rings. The Morgan fingerprint density at radius 2 is 1.57 bits per heavy atom. The van der Waals surface area contributed by atoms with Crippen LogP contribution in [0.3, 0.4) is 0 Å². The number of hydrogen-bond acceptors (Lipinski definition) is 5. The van der Waals surface area contributed by atoms with E-state index in [0.29, 0.717) is 18.2 Å². The summed E-state index contributed by atoms with van der Waals surface area (Å²) >= 11 is 0. The van der Waals surface area contributed by atoms with E-state index >= 15 is 0 Å². The van der Waals surface area contributed by atoms with Crippen molar-refractivity contribution < 1.29 is 19.0 Å². The number of hydrogen-bond donors (Lipinski definition) is 2. The number of nitrogen functional groups attached to an aromatic ring is 1. The fraction of sp³-hybridized carbons (Fsp3) is 0.379. The molecule has 3 aromatic carbocycles. The Morgan fingerprint density at radius 1 is 0.971 bits per heavy atom. The predicted octanol–water partition coefficient (Wildman–Crippen LogP) is 5.74. The van der Waals surface area contributed by atoms with Crippen molar-refractivity contribution in [1.29, 1.82) is 0 Å². The van der Waals surface area contributed by atoms with Gasteiger partial charge in [-0.1, -0.05) is 12.1 Å². The first-order valence-corrected chi connectivity index (χ1v) is 12.2. The monoisotopic (exact) mass is 478 g/mol. The highest BCUT2D eigenvalue weighted by molar-refractivity contribution is 5.58. The third-order valence-corrected chi connectivity index (χ3v) is 6.94. The van der Waals surface area contributed by atoms with Crippen molar-refractivity contribution in [2.75, 3.05) is 32.0 Å². The Morgan fingerprint density at radius 3 is 2.20 bits per heavy atom. The maximum absolute atomic E-state index is 13.1. The Balaban J connectivity index is 1.23. The number of benzene rings is 3. The van der Waals surface area contributed by atoms with E-state index in [-0.39, 0.29) is 12.4 Å². The smallest absolute Gasteiger partial charge is 0.127 e. The van der Waals surface area contributed by atoms with Crippen LogP contribution in [-0.2, 0) is 0 Å². The zero-order chi connectivity index (χ0) is 24.9. The summed E-state index contributed by atoms with van der Waals surface area (Å²) in [6, 6.07) is 16.1. The van der Waals surface area contributed by atoms with Gasteiger partial charge in [-0.2, -0.15) is 0 Å². The number of halogens is 1. The molecule has 0 radical (unpaired) electrons. The van der Waals surface area contributed by atoms with E-state index in [1.54, 1.807) is 12.1 Å². The lowest BCUT2D eigenvalue weighted by Gasteiger charge is -2.33. The van der Waals surface area contributed by atoms with E-state index < -0.39 is 6.10 Å². The number of aliphatic hydroxyl groups is 1. The Labute approximate surface area is 207 Å². The van der Waals surface area contributed by atoms with Gasteiger partial charge in [-0.05, 0) is 117 Å². The molecule has 0 aromatic heterocycles. The predicted molar refractivity (Wildman–Crippen MR) is 138 cm³/mol. The van der Waals surface area contributed by atoms with Gasteiger partial charge >= 0.3 is 0 Å². The number of nitrogens with zero attached hydrogens (tertiary/aromatic N) is 1. The van der Waals surface area contributed by atoms with Crippen LogP contribution in [0.4, 0.5) is 10.1 Å². The van der Waals surface area contributed by atoms with Crippen molar-refractivity contribution in [2.45, 2.75) is 45.6 Å². The van der Waals surface area contributed by atoms with E-state index in [9.17, 15) is 9.50 Å². The number of anilines is 1. The zero-order valence-corrected chi connectivity index (χ0v) is 20.8. The molecular weight excluding hydrogens is 443 g/mol.